The van der Waals surface area contributed by atoms with Crippen molar-refractivity contribution in [3.05, 3.63) is 29.8 Å². The average molecular weight is 194 g/mol. The molecular weight excluding hydrogens is 176 g/mol. The minimum absolute atomic E-state index is 0.228. The van der Waals surface area contributed by atoms with Gasteiger partial charge in [0.1, 0.15) is 5.75 Å². The highest BCUT2D eigenvalue weighted by Crippen LogP contribution is 2.13. The molecule has 3 nitrogen and oxygen atoms in total. The predicted octanol–water partition coefficient (Wildman–Crippen LogP) is 1.48. The van der Waals surface area contributed by atoms with Crippen molar-refractivity contribution in [3.8, 4) is 5.75 Å². The van der Waals surface area contributed by atoms with Gasteiger partial charge in [-0.2, -0.15) is 0 Å². The Morgan fingerprint density at radius 1 is 1.29 bits per heavy atom. The van der Waals surface area contributed by atoms with E-state index in [0.717, 1.165) is 18.7 Å². The Hall–Kier alpha value is -1.06. The normalized spacial score (nSPS) is 10.6. The first kappa shape index (κ1) is 11.0. The summed E-state index contributed by atoms with van der Waals surface area (Å²) in [6.45, 7) is 4.84. The molecule has 1 aromatic carbocycles. The van der Waals surface area contributed by atoms with Crippen LogP contribution in [0.2, 0.25) is 0 Å². The minimum atomic E-state index is 0.228. The Balaban J connectivity index is 2.50. The average Bonchev–Trinajstić information content (AvgIpc) is 2.16. The molecule has 0 aromatic heterocycles. The van der Waals surface area contributed by atoms with Crippen molar-refractivity contribution >= 4 is 0 Å². The molecule has 0 aliphatic rings. The molecule has 3 heteroatoms. The molecule has 1 aromatic rings. The predicted molar refractivity (Wildman–Crippen MR) is 58.1 cm³/mol. The van der Waals surface area contributed by atoms with Crippen molar-refractivity contribution < 1.29 is 4.74 Å². The van der Waals surface area contributed by atoms with Gasteiger partial charge < -0.3 is 4.74 Å². The van der Waals surface area contributed by atoms with Gasteiger partial charge in [-0.1, -0.05) is 12.1 Å². The monoisotopic (exact) mass is 194 g/mol. The van der Waals surface area contributed by atoms with Gasteiger partial charge in [0.25, 0.3) is 0 Å². The van der Waals surface area contributed by atoms with E-state index in [1.807, 2.05) is 26.0 Å². The summed E-state index contributed by atoms with van der Waals surface area (Å²) in [5.41, 5.74) is 3.89. The summed E-state index contributed by atoms with van der Waals surface area (Å²) in [7, 11) is 0. The molecule has 0 spiro atoms. The van der Waals surface area contributed by atoms with Gasteiger partial charge in [0.05, 0.1) is 6.10 Å². The Kier molecular flexibility index (Phi) is 4.43. The second-order valence-electron chi connectivity index (χ2n) is 3.51. The number of nitrogens with two attached hydrogens (primary N) is 1. The van der Waals surface area contributed by atoms with E-state index in [1.165, 1.54) is 5.56 Å². The molecular formula is C11H18N2O. The van der Waals surface area contributed by atoms with Crippen LogP contribution in [0.5, 0.6) is 5.75 Å². The van der Waals surface area contributed by atoms with Crippen molar-refractivity contribution in [1.29, 1.82) is 0 Å². The SMILES string of the molecule is CC(C)Oc1ccc(CCNN)cc1. The van der Waals surface area contributed by atoms with Gasteiger partial charge in [-0.25, -0.2) is 0 Å². The number of hydrogen-bond acceptors (Lipinski definition) is 3. The van der Waals surface area contributed by atoms with Gasteiger partial charge in [-0.3, -0.25) is 11.3 Å². The van der Waals surface area contributed by atoms with Gasteiger partial charge >= 0.3 is 0 Å². The van der Waals surface area contributed by atoms with Crippen molar-refractivity contribution in [1.82, 2.24) is 5.43 Å². The van der Waals surface area contributed by atoms with E-state index in [-0.39, 0.29) is 6.10 Å². The number of rotatable bonds is 5. The fraction of sp³-hybridized carbons (Fsp3) is 0.455. The number of benzene rings is 1. The molecule has 0 unspecified atom stereocenters. The van der Waals surface area contributed by atoms with Crippen LogP contribution < -0.4 is 16.0 Å². The molecule has 0 radical (unpaired) electrons. The van der Waals surface area contributed by atoms with Crippen molar-refractivity contribution in [3.63, 3.8) is 0 Å². The molecule has 14 heavy (non-hydrogen) atoms. The first-order valence-corrected chi connectivity index (χ1v) is 4.91. The van der Waals surface area contributed by atoms with Crippen LogP contribution in [0.1, 0.15) is 19.4 Å². The summed E-state index contributed by atoms with van der Waals surface area (Å²) in [4.78, 5) is 0. The van der Waals surface area contributed by atoms with Gasteiger partial charge in [0.15, 0.2) is 0 Å². The maximum Gasteiger partial charge on any atom is 0.119 e. The third-order valence-corrected chi connectivity index (χ3v) is 1.85. The van der Waals surface area contributed by atoms with E-state index in [2.05, 4.69) is 17.6 Å². The first-order valence-electron chi connectivity index (χ1n) is 4.91. The summed E-state index contributed by atoms with van der Waals surface area (Å²) < 4.78 is 5.53. The molecule has 0 heterocycles. The first-order chi connectivity index (χ1) is 6.72. The summed E-state index contributed by atoms with van der Waals surface area (Å²) in [5.74, 6) is 6.12. The molecule has 1 rings (SSSR count). The summed E-state index contributed by atoms with van der Waals surface area (Å²) in [6, 6.07) is 8.11. The zero-order chi connectivity index (χ0) is 10.4. The van der Waals surface area contributed by atoms with Crippen molar-refractivity contribution in [2.75, 3.05) is 6.54 Å². The topological polar surface area (TPSA) is 47.3 Å². The van der Waals surface area contributed by atoms with E-state index in [0.29, 0.717) is 0 Å². The zero-order valence-corrected chi connectivity index (χ0v) is 8.79. The highest BCUT2D eigenvalue weighted by molar-refractivity contribution is 5.27. The number of nitrogens with one attached hydrogen (secondary N) is 1. The maximum absolute atomic E-state index is 5.53. The Bertz CT molecular complexity index is 256. The van der Waals surface area contributed by atoms with E-state index < -0.39 is 0 Å². The van der Waals surface area contributed by atoms with Crippen LogP contribution in [0, 0.1) is 0 Å². The molecule has 0 saturated heterocycles. The fourth-order valence-electron chi connectivity index (χ4n) is 1.22. The number of hydrogen-bond donors (Lipinski definition) is 2. The molecule has 0 aliphatic heterocycles. The fourth-order valence-corrected chi connectivity index (χ4v) is 1.22. The largest absolute Gasteiger partial charge is 0.491 e. The Labute approximate surface area is 85.2 Å². The summed E-state index contributed by atoms with van der Waals surface area (Å²) in [5, 5.41) is 0. The lowest BCUT2D eigenvalue weighted by atomic mass is 10.1. The molecule has 3 N–H and O–H groups in total. The third kappa shape index (κ3) is 3.77. The Morgan fingerprint density at radius 3 is 2.43 bits per heavy atom. The van der Waals surface area contributed by atoms with E-state index >= 15 is 0 Å². The van der Waals surface area contributed by atoms with E-state index in [9.17, 15) is 0 Å². The highest BCUT2D eigenvalue weighted by Gasteiger charge is 1.97. The van der Waals surface area contributed by atoms with Crippen LogP contribution in [-0.2, 0) is 6.42 Å². The second-order valence-corrected chi connectivity index (χ2v) is 3.51. The summed E-state index contributed by atoms with van der Waals surface area (Å²) >= 11 is 0. The lowest BCUT2D eigenvalue weighted by Gasteiger charge is -2.09. The number of ether oxygens (including phenoxy) is 1. The molecule has 0 aliphatic carbocycles. The van der Waals surface area contributed by atoms with Gasteiger partial charge in [-0.15, -0.1) is 0 Å². The highest BCUT2D eigenvalue weighted by atomic mass is 16.5. The van der Waals surface area contributed by atoms with Crippen LogP contribution in [0.3, 0.4) is 0 Å². The smallest absolute Gasteiger partial charge is 0.119 e. The van der Waals surface area contributed by atoms with Crippen LogP contribution in [0.25, 0.3) is 0 Å². The van der Waals surface area contributed by atoms with Crippen LogP contribution in [0.4, 0.5) is 0 Å². The van der Waals surface area contributed by atoms with Crippen molar-refractivity contribution in [2.45, 2.75) is 26.4 Å². The standard InChI is InChI=1S/C11H18N2O/c1-9(2)14-11-5-3-10(4-6-11)7-8-13-12/h3-6,9,13H,7-8,12H2,1-2H3. The molecule has 0 atom stereocenters. The van der Waals surface area contributed by atoms with E-state index in [1.54, 1.807) is 0 Å². The summed E-state index contributed by atoms with van der Waals surface area (Å²) in [6.07, 6.45) is 1.17. The van der Waals surface area contributed by atoms with Gasteiger partial charge in [0, 0.05) is 6.54 Å². The van der Waals surface area contributed by atoms with Crippen LogP contribution >= 0.6 is 0 Å². The lowest BCUT2D eigenvalue weighted by Crippen LogP contribution is -2.24. The molecule has 0 fully saturated rings. The maximum atomic E-state index is 5.53. The Morgan fingerprint density at radius 2 is 1.93 bits per heavy atom. The second kappa shape index (κ2) is 5.62. The van der Waals surface area contributed by atoms with Crippen molar-refractivity contribution in [2.24, 2.45) is 5.84 Å². The van der Waals surface area contributed by atoms with E-state index in [4.69, 9.17) is 10.6 Å². The van der Waals surface area contributed by atoms with Gasteiger partial charge in [-0.05, 0) is 38.0 Å². The lowest BCUT2D eigenvalue weighted by molar-refractivity contribution is 0.242. The molecule has 0 saturated carbocycles. The number of hydrazine groups is 1. The zero-order valence-electron chi connectivity index (χ0n) is 8.79. The third-order valence-electron chi connectivity index (χ3n) is 1.85. The molecule has 0 amide bonds. The van der Waals surface area contributed by atoms with Gasteiger partial charge in [0.2, 0.25) is 0 Å². The molecule has 78 valence electrons. The van der Waals surface area contributed by atoms with Crippen LogP contribution in [0.15, 0.2) is 24.3 Å². The quantitative estimate of drug-likeness (QED) is 0.551. The molecule has 0 bridgehead atoms. The van der Waals surface area contributed by atoms with Crippen LogP contribution in [-0.4, -0.2) is 12.6 Å². The minimum Gasteiger partial charge on any atom is -0.491 e.